The van der Waals surface area contributed by atoms with Gasteiger partial charge in [0.15, 0.2) is 0 Å². The first kappa shape index (κ1) is 12.7. The predicted molar refractivity (Wildman–Crippen MR) is 73.7 cm³/mol. The average molecular weight is 309 g/mol. The van der Waals surface area contributed by atoms with E-state index in [1.165, 1.54) is 0 Å². The second kappa shape index (κ2) is 5.73. The zero-order valence-electron chi connectivity index (χ0n) is 9.89. The molecular formula is C13H13BrN2O2. The van der Waals surface area contributed by atoms with Crippen LogP contribution in [0.1, 0.15) is 5.56 Å². The molecule has 0 aliphatic heterocycles. The lowest BCUT2D eigenvalue weighted by Crippen LogP contribution is -1.98. The van der Waals surface area contributed by atoms with Gasteiger partial charge in [-0.3, -0.25) is 0 Å². The van der Waals surface area contributed by atoms with E-state index in [-0.39, 0.29) is 0 Å². The Kier molecular flexibility index (Phi) is 4.04. The summed E-state index contributed by atoms with van der Waals surface area (Å²) in [4.78, 5) is 4.17. The molecule has 1 aromatic carbocycles. The Labute approximate surface area is 114 Å². The number of halogens is 1. The minimum absolute atomic E-state index is 0.452. The number of methoxy groups -OCH3 is 1. The zero-order chi connectivity index (χ0) is 13.0. The van der Waals surface area contributed by atoms with Crippen molar-refractivity contribution in [2.24, 2.45) is 0 Å². The molecule has 0 bridgehead atoms. The summed E-state index contributed by atoms with van der Waals surface area (Å²) in [5, 5.41) is 0. The van der Waals surface area contributed by atoms with Crippen LogP contribution in [0.4, 0.5) is 5.69 Å². The van der Waals surface area contributed by atoms with E-state index in [2.05, 4.69) is 20.9 Å². The Morgan fingerprint density at radius 2 is 1.89 bits per heavy atom. The highest BCUT2D eigenvalue weighted by Gasteiger charge is 2.01. The molecule has 2 aromatic rings. The van der Waals surface area contributed by atoms with Crippen LogP contribution in [0.5, 0.6) is 11.6 Å². The number of rotatable bonds is 4. The Hall–Kier alpha value is -1.75. The number of aromatic nitrogens is 1. The lowest BCUT2D eigenvalue weighted by Gasteiger charge is -2.07. The highest BCUT2D eigenvalue weighted by molar-refractivity contribution is 9.10. The molecular weight excluding hydrogens is 296 g/mol. The second-order valence-corrected chi connectivity index (χ2v) is 4.42. The van der Waals surface area contributed by atoms with Gasteiger partial charge in [-0.1, -0.05) is 12.1 Å². The van der Waals surface area contributed by atoms with Crippen molar-refractivity contribution in [3.05, 3.63) is 46.6 Å². The summed E-state index contributed by atoms with van der Waals surface area (Å²) in [6.07, 6.45) is 0. The fourth-order valence-corrected chi connectivity index (χ4v) is 1.69. The summed E-state index contributed by atoms with van der Waals surface area (Å²) >= 11 is 3.26. The summed E-state index contributed by atoms with van der Waals surface area (Å²) in [6, 6.07) is 11.2. The number of nitrogen functional groups attached to an aromatic ring is 1. The van der Waals surface area contributed by atoms with Gasteiger partial charge in [-0.15, -0.1) is 0 Å². The normalized spacial score (nSPS) is 10.1. The number of pyridine rings is 1. The molecule has 1 heterocycles. The van der Waals surface area contributed by atoms with Gasteiger partial charge in [-0.25, -0.2) is 4.98 Å². The van der Waals surface area contributed by atoms with E-state index >= 15 is 0 Å². The van der Waals surface area contributed by atoms with Gasteiger partial charge in [0, 0.05) is 6.07 Å². The minimum atomic E-state index is 0.452. The van der Waals surface area contributed by atoms with Crippen molar-refractivity contribution in [2.75, 3.05) is 12.8 Å². The number of hydrogen-bond acceptors (Lipinski definition) is 4. The van der Waals surface area contributed by atoms with Crippen LogP contribution < -0.4 is 15.2 Å². The van der Waals surface area contributed by atoms with Gasteiger partial charge in [0.2, 0.25) is 5.88 Å². The Morgan fingerprint density at radius 1 is 1.17 bits per heavy atom. The van der Waals surface area contributed by atoms with Crippen molar-refractivity contribution in [2.45, 2.75) is 6.61 Å². The number of nitrogens with zero attached hydrogens (tertiary/aromatic N) is 1. The van der Waals surface area contributed by atoms with Crippen molar-refractivity contribution in [1.29, 1.82) is 0 Å². The average Bonchev–Trinajstić information content (AvgIpc) is 2.41. The molecule has 94 valence electrons. The van der Waals surface area contributed by atoms with E-state index in [1.807, 2.05) is 24.3 Å². The molecule has 0 aliphatic rings. The maximum atomic E-state index is 5.65. The van der Waals surface area contributed by atoms with Crippen molar-refractivity contribution in [3.8, 4) is 11.6 Å². The Balaban J connectivity index is 1.99. The molecule has 0 radical (unpaired) electrons. The fraction of sp³-hybridized carbons (Fsp3) is 0.154. The first-order valence-corrected chi connectivity index (χ1v) is 6.16. The lowest BCUT2D eigenvalue weighted by atomic mass is 10.2. The topological polar surface area (TPSA) is 57.4 Å². The van der Waals surface area contributed by atoms with Gasteiger partial charge in [-0.05, 0) is 39.7 Å². The van der Waals surface area contributed by atoms with Crippen LogP contribution in [-0.2, 0) is 6.61 Å². The van der Waals surface area contributed by atoms with E-state index < -0.39 is 0 Å². The quantitative estimate of drug-likeness (QED) is 0.882. The largest absolute Gasteiger partial charge is 0.497 e. The molecule has 4 nitrogen and oxygen atoms in total. The van der Waals surface area contributed by atoms with Gasteiger partial charge in [0.25, 0.3) is 0 Å². The molecule has 2 rings (SSSR count). The smallest absolute Gasteiger partial charge is 0.214 e. The summed E-state index contributed by atoms with van der Waals surface area (Å²) in [5.41, 5.74) is 7.29. The third-order valence-corrected chi connectivity index (χ3v) is 3.03. The molecule has 0 fully saturated rings. The number of ether oxygens (including phenoxy) is 2. The van der Waals surface area contributed by atoms with Gasteiger partial charge in [-0.2, -0.15) is 0 Å². The van der Waals surface area contributed by atoms with E-state index in [4.69, 9.17) is 15.2 Å². The first-order chi connectivity index (χ1) is 8.69. The van der Waals surface area contributed by atoms with Crippen LogP contribution in [-0.4, -0.2) is 12.1 Å². The molecule has 0 amide bonds. The Bertz CT molecular complexity index is 529. The van der Waals surface area contributed by atoms with E-state index in [0.717, 1.165) is 11.3 Å². The third-order valence-electron chi connectivity index (χ3n) is 2.40. The summed E-state index contributed by atoms with van der Waals surface area (Å²) in [7, 11) is 1.64. The summed E-state index contributed by atoms with van der Waals surface area (Å²) < 4.78 is 11.2. The van der Waals surface area contributed by atoms with Crippen LogP contribution in [0.25, 0.3) is 0 Å². The number of hydrogen-bond donors (Lipinski definition) is 1. The zero-order valence-corrected chi connectivity index (χ0v) is 11.5. The van der Waals surface area contributed by atoms with Crippen molar-refractivity contribution in [1.82, 2.24) is 4.98 Å². The Morgan fingerprint density at radius 3 is 2.50 bits per heavy atom. The van der Waals surface area contributed by atoms with Gasteiger partial charge in [0.05, 0.1) is 12.8 Å². The van der Waals surface area contributed by atoms with Crippen LogP contribution in [0.2, 0.25) is 0 Å². The first-order valence-electron chi connectivity index (χ1n) is 5.37. The van der Waals surface area contributed by atoms with Crippen molar-refractivity contribution >= 4 is 21.6 Å². The molecule has 1 aromatic heterocycles. The van der Waals surface area contributed by atoms with Gasteiger partial charge in [0.1, 0.15) is 17.0 Å². The second-order valence-electron chi connectivity index (χ2n) is 3.67. The van der Waals surface area contributed by atoms with Gasteiger partial charge < -0.3 is 15.2 Å². The molecule has 2 N–H and O–H groups in total. The molecule has 0 saturated heterocycles. The number of nitrogens with two attached hydrogens (primary N) is 1. The summed E-state index contributed by atoms with van der Waals surface area (Å²) in [5.74, 6) is 1.36. The molecule has 0 unspecified atom stereocenters. The van der Waals surface area contributed by atoms with Crippen LogP contribution in [0.15, 0.2) is 41.0 Å². The number of anilines is 1. The highest BCUT2D eigenvalue weighted by Crippen LogP contribution is 2.21. The fourth-order valence-electron chi connectivity index (χ4n) is 1.39. The molecule has 0 atom stereocenters. The SMILES string of the molecule is COc1ccc(COc2ccc(N)c(Br)n2)cc1. The summed E-state index contributed by atoms with van der Waals surface area (Å²) in [6.45, 7) is 0.452. The maximum Gasteiger partial charge on any atom is 0.214 e. The maximum absolute atomic E-state index is 5.65. The van der Waals surface area contributed by atoms with Crippen LogP contribution in [0.3, 0.4) is 0 Å². The standard InChI is InChI=1S/C13H13BrN2O2/c1-17-10-4-2-9(3-5-10)8-18-12-7-6-11(15)13(14)16-12/h2-7H,8,15H2,1H3. The molecule has 0 saturated carbocycles. The molecule has 0 aliphatic carbocycles. The molecule has 18 heavy (non-hydrogen) atoms. The van der Waals surface area contributed by atoms with E-state index in [0.29, 0.717) is 22.8 Å². The predicted octanol–water partition coefficient (Wildman–Crippen LogP) is 3.01. The molecule has 0 spiro atoms. The molecule has 5 heteroatoms. The lowest BCUT2D eigenvalue weighted by molar-refractivity contribution is 0.293. The van der Waals surface area contributed by atoms with Gasteiger partial charge >= 0.3 is 0 Å². The minimum Gasteiger partial charge on any atom is -0.497 e. The third kappa shape index (κ3) is 3.13. The van der Waals surface area contributed by atoms with Crippen molar-refractivity contribution < 1.29 is 9.47 Å². The van der Waals surface area contributed by atoms with E-state index in [9.17, 15) is 0 Å². The monoisotopic (exact) mass is 308 g/mol. The van der Waals surface area contributed by atoms with Crippen LogP contribution >= 0.6 is 15.9 Å². The van der Waals surface area contributed by atoms with Crippen LogP contribution in [0, 0.1) is 0 Å². The van der Waals surface area contributed by atoms with E-state index in [1.54, 1.807) is 19.2 Å². The van der Waals surface area contributed by atoms with Crippen molar-refractivity contribution in [3.63, 3.8) is 0 Å². The highest BCUT2D eigenvalue weighted by atomic mass is 79.9. The number of benzene rings is 1.